The normalized spacial score (nSPS) is 12.3. The molecular weight excluding hydrogens is 374 g/mol. The second-order valence-corrected chi connectivity index (χ2v) is 9.30. The average Bonchev–Trinajstić information content (AvgIpc) is 3.09. The molecule has 6 heteroatoms. The van der Waals surface area contributed by atoms with Crippen molar-refractivity contribution in [3.8, 4) is 5.75 Å². The third-order valence-corrected chi connectivity index (χ3v) is 6.11. The van der Waals surface area contributed by atoms with E-state index in [0.29, 0.717) is 29.5 Å². The van der Waals surface area contributed by atoms with Crippen LogP contribution >= 0.6 is 0 Å². The van der Waals surface area contributed by atoms with Crippen molar-refractivity contribution < 1.29 is 17.6 Å². The molecule has 5 nitrogen and oxygen atoms in total. The van der Waals surface area contributed by atoms with Crippen LogP contribution in [-0.2, 0) is 9.84 Å². The maximum absolute atomic E-state index is 12.0. The topological polar surface area (TPSA) is 69.4 Å². The number of benzene rings is 2. The lowest BCUT2D eigenvalue weighted by Gasteiger charge is -2.07. The molecule has 1 heterocycles. The van der Waals surface area contributed by atoms with E-state index in [1.165, 1.54) is 0 Å². The molecule has 0 radical (unpaired) electrons. The monoisotopic (exact) mass is 399 g/mol. The highest BCUT2D eigenvalue weighted by Gasteiger charge is 2.14. The highest BCUT2D eigenvalue weighted by atomic mass is 32.2. The fourth-order valence-electron chi connectivity index (χ4n) is 2.61. The van der Waals surface area contributed by atoms with Gasteiger partial charge in [-0.05, 0) is 54.3 Å². The fourth-order valence-corrected chi connectivity index (χ4v) is 3.51. The molecule has 0 aliphatic rings. The number of oxazole rings is 1. The number of hydrogen-bond donors (Lipinski definition) is 0. The summed E-state index contributed by atoms with van der Waals surface area (Å²) in [6, 6.07) is 12.6. The van der Waals surface area contributed by atoms with Gasteiger partial charge in [0, 0.05) is 6.08 Å². The van der Waals surface area contributed by atoms with E-state index in [1.807, 2.05) is 30.3 Å². The van der Waals surface area contributed by atoms with Crippen molar-refractivity contribution in [3.05, 3.63) is 53.9 Å². The number of sulfone groups is 1. The maximum Gasteiger partial charge on any atom is 0.220 e. The molecule has 0 N–H and O–H groups in total. The predicted octanol–water partition coefficient (Wildman–Crippen LogP) is 5.22. The molecule has 0 bridgehead atoms. The van der Waals surface area contributed by atoms with Crippen molar-refractivity contribution in [1.82, 2.24) is 4.98 Å². The Morgan fingerprint density at radius 1 is 1.11 bits per heavy atom. The number of aromatic nitrogens is 1. The van der Waals surface area contributed by atoms with Gasteiger partial charge in [0.25, 0.3) is 0 Å². The summed E-state index contributed by atoms with van der Waals surface area (Å²) in [5.41, 5.74) is 2.08. The van der Waals surface area contributed by atoms with Crippen molar-refractivity contribution in [2.75, 3.05) is 12.4 Å². The smallest absolute Gasteiger partial charge is 0.220 e. The van der Waals surface area contributed by atoms with E-state index in [4.69, 9.17) is 9.15 Å². The Labute approximate surface area is 166 Å². The van der Waals surface area contributed by atoms with Crippen molar-refractivity contribution in [3.63, 3.8) is 0 Å². The van der Waals surface area contributed by atoms with Gasteiger partial charge in [-0.2, -0.15) is 0 Å². The Hall–Kier alpha value is -2.60. The first kappa shape index (κ1) is 20.1. The first-order valence-corrected chi connectivity index (χ1v) is 11.1. The van der Waals surface area contributed by atoms with Crippen LogP contribution in [0.15, 0.2) is 51.8 Å². The molecule has 0 atom stereocenters. The van der Waals surface area contributed by atoms with Crippen LogP contribution in [0.5, 0.6) is 5.75 Å². The van der Waals surface area contributed by atoms with Gasteiger partial charge in [-0.3, -0.25) is 0 Å². The number of nitrogens with zero attached hydrogens (tertiary/aromatic N) is 1. The van der Waals surface area contributed by atoms with E-state index in [1.54, 1.807) is 31.2 Å². The number of rotatable bonds is 8. The molecule has 0 unspecified atom stereocenters. The number of ether oxygens (including phenoxy) is 1. The summed E-state index contributed by atoms with van der Waals surface area (Å²) in [6.07, 6.45) is 4.69. The summed E-state index contributed by atoms with van der Waals surface area (Å²) in [5, 5.41) is 0. The van der Waals surface area contributed by atoms with E-state index in [-0.39, 0.29) is 10.6 Å². The zero-order valence-electron chi connectivity index (χ0n) is 16.4. The van der Waals surface area contributed by atoms with Gasteiger partial charge in [-0.1, -0.05) is 32.9 Å². The van der Waals surface area contributed by atoms with Crippen LogP contribution in [0.4, 0.5) is 0 Å². The Kier molecular flexibility index (Phi) is 6.19. The van der Waals surface area contributed by atoms with Gasteiger partial charge in [-0.25, -0.2) is 13.4 Å². The minimum absolute atomic E-state index is 0.0559. The zero-order valence-corrected chi connectivity index (χ0v) is 17.2. The zero-order chi connectivity index (χ0) is 20.1. The second kappa shape index (κ2) is 8.61. The molecular formula is C22H25NO4S. The Morgan fingerprint density at radius 3 is 2.54 bits per heavy atom. The molecule has 0 fully saturated rings. The van der Waals surface area contributed by atoms with Crippen molar-refractivity contribution in [2.24, 2.45) is 5.92 Å². The van der Waals surface area contributed by atoms with Crippen LogP contribution in [-0.4, -0.2) is 25.8 Å². The minimum atomic E-state index is -3.26. The lowest BCUT2D eigenvalue weighted by Crippen LogP contribution is -2.03. The SMILES string of the molecule is CCS(=O)(=O)c1ccc2oc(/C=C/c3ccc(OCCC(C)C)cc3)nc2c1. The molecule has 0 amide bonds. The summed E-state index contributed by atoms with van der Waals surface area (Å²) in [4.78, 5) is 4.63. The maximum atomic E-state index is 12.0. The molecule has 0 saturated heterocycles. The lowest BCUT2D eigenvalue weighted by molar-refractivity contribution is 0.289. The van der Waals surface area contributed by atoms with Crippen molar-refractivity contribution >= 4 is 33.1 Å². The van der Waals surface area contributed by atoms with Gasteiger partial charge in [0.15, 0.2) is 15.4 Å². The summed E-state index contributed by atoms with van der Waals surface area (Å²) < 4.78 is 35.4. The van der Waals surface area contributed by atoms with Crippen molar-refractivity contribution in [1.29, 1.82) is 0 Å². The molecule has 3 rings (SSSR count). The van der Waals surface area contributed by atoms with E-state index in [9.17, 15) is 8.42 Å². The molecule has 3 aromatic rings. The average molecular weight is 400 g/mol. The summed E-state index contributed by atoms with van der Waals surface area (Å²) in [5.74, 6) is 1.96. The molecule has 0 aliphatic carbocycles. The minimum Gasteiger partial charge on any atom is -0.494 e. The van der Waals surface area contributed by atoms with Gasteiger partial charge < -0.3 is 9.15 Å². The largest absolute Gasteiger partial charge is 0.494 e. The molecule has 28 heavy (non-hydrogen) atoms. The Morgan fingerprint density at radius 2 is 1.86 bits per heavy atom. The third-order valence-electron chi connectivity index (χ3n) is 4.38. The first-order valence-electron chi connectivity index (χ1n) is 9.41. The highest BCUT2D eigenvalue weighted by molar-refractivity contribution is 7.91. The highest BCUT2D eigenvalue weighted by Crippen LogP contribution is 2.22. The van der Waals surface area contributed by atoms with Crippen LogP contribution in [0.25, 0.3) is 23.3 Å². The molecule has 148 valence electrons. The van der Waals surface area contributed by atoms with Crippen LogP contribution < -0.4 is 4.74 Å². The van der Waals surface area contributed by atoms with Crippen LogP contribution in [0, 0.1) is 5.92 Å². The van der Waals surface area contributed by atoms with E-state index in [0.717, 1.165) is 17.7 Å². The molecule has 0 saturated carbocycles. The van der Waals surface area contributed by atoms with Crippen LogP contribution in [0.2, 0.25) is 0 Å². The van der Waals surface area contributed by atoms with Crippen molar-refractivity contribution in [2.45, 2.75) is 32.1 Å². The predicted molar refractivity (Wildman–Crippen MR) is 112 cm³/mol. The summed E-state index contributed by atoms with van der Waals surface area (Å²) in [6.45, 7) is 6.68. The van der Waals surface area contributed by atoms with Crippen LogP contribution in [0.1, 0.15) is 38.6 Å². The second-order valence-electron chi connectivity index (χ2n) is 7.02. The molecule has 0 aliphatic heterocycles. The summed E-state index contributed by atoms with van der Waals surface area (Å²) >= 11 is 0. The van der Waals surface area contributed by atoms with Gasteiger partial charge in [0.1, 0.15) is 11.3 Å². The first-order chi connectivity index (χ1) is 13.4. The van der Waals surface area contributed by atoms with E-state index in [2.05, 4.69) is 18.8 Å². The van der Waals surface area contributed by atoms with Gasteiger partial charge >= 0.3 is 0 Å². The van der Waals surface area contributed by atoms with Crippen LogP contribution in [0.3, 0.4) is 0 Å². The quantitative estimate of drug-likeness (QED) is 0.520. The standard InChI is InChI=1S/C22H25NO4S/c1-4-28(24,25)19-10-11-21-20(15-19)23-22(27-21)12-7-17-5-8-18(9-6-17)26-14-13-16(2)3/h5-12,15-16H,4,13-14H2,1-3H3/b12-7+. The fraction of sp³-hybridized carbons (Fsp3) is 0.318. The number of hydrogen-bond acceptors (Lipinski definition) is 5. The Balaban J connectivity index is 1.71. The molecule has 1 aromatic heterocycles. The van der Waals surface area contributed by atoms with E-state index >= 15 is 0 Å². The molecule has 2 aromatic carbocycles. The molecule has 0 spiro atoms. The van der Waals surface area contributed by atoms with Gasteiger partial charge in [0.2, 0.25) is 5.89 Å². The lowest BCUT2D eigenvalue weighted by atomic mass is 10.1. The van der Waals surface area contributed by atoms with E-state index < -0.39 is 9.84 Å². The summed E-state index contributed by atoms with van der Waals surface area (Å²) in [7, 11) is -3.26. The Bertz CT molecular complexity index is 1060. The van der Waals surface area contributed by atoms with Gasteiger partial charge in [-0.15, -0.1) is 0 Å². The number of fused-ring (bicyclic) bond motifs is 1. The van der Waals surface area contributed by atoms with Gasteiger partial charge in [0.05, 0.1) is 17.3 Å². The third kappa shape index (κ3) is 5.01.